The summed E-state index contributed by atoms with van der Waals surface area (Å²) < 4.78 is 0. The SMILES string of the molecule is CC=CCCCC=C[C@H]1CCC(=O)[C@@H]1CCCCCCC(=O)O. The Kier molecular flexibility index (Phi) is 10.3. The van der Waals surface area contributed by atoms with Crippen molar-refractivity contribution in [1.29, 1.82) is 0 Å². The lowest BCUT2D eigenvalue weighted by molar-refractivity contribution is -0.137. The van der Waals surface area contributed by atoms with Crippen LogP contribution in [0, 0.1) is 11.8 Å². The Balaban J connectivity index is 2.21. The van der Waals surface area contributed by atoms with E-state index in [0.29, 0.717) is 11.7 Å². The van der Waals surface area contributed by atoms with E-state index < -0.39 is 5.97 Å². The minimum Gasteiger partial charge on any atom is -0.481 e. The van der Waals surface area contributed by atoms with E-state index in [4.69, 9.17) is 5.11 Å². The summed E-state index contributed by atoms with van der Waals surface area (Å²) in [5.41, 5.74) is 0. The lowest BCUT2D eigenvalue weighted by Crippen LogP contribution is -2.13. The van der Waals surface area contributed by atoms with Crippen LogP contribution in [0.3, 0.4) is 0 Å². The molecule has 0 unspecified atom stereocenters. The zero-order chi connectivity index (χ0) is 16.9. The molecule has 1 saturated carbocycles. The van der Waals surface area contributed by atoms with Crippen LogP contribution in [0.2, 0.25) is 0 Å². The molecule has 0 aliphatic heterocycles. The van der Waals surface area contributed by atoms with Gasteiger partial charge in [-0.25, -0.2) is 0 Å². The largest absolute Gasteiger partial charge is 0.481 e. The van der Waals surface area contributed by atoms with Gasteiger partial charge in [0.15, 0.2) is 0 Å². The topological polar surface area (TPSA) is 54.4 Å². The first-order chi connectivity index (χ1) is 11.1. The third kappa shape index (κ3) is 8.73. The molecule has 3 heteroatoms. The molecule has 1 rings (SSSR count). The van der Waals surface area contributed by atoms with E-state index in [9.17, 15) is 9.59 Å². The highest BCUT2D eigenvalue weighted by Gasteiger charge is 2.31. The minimum absolute atomic E-state index is 0.210. The molecule has 1 aliphatic carbocycles. The summed E-state index contributed by atoms with van der Waals surface area (Å²) in [5, 5.41) is 8.61. The minimum atomic E-state index is -0.712. The van der Waals surface area contributed by atoms with E-state index in [0.717, 1.165) is 57.8 Å². The fraction of sp³-hybridized carbons (Fsp3) is 0.700. The second kappa shape index (κ2) is 12.1. The molecule has 1 N–H and O–H groups in total. The van der Waals surface area contributed by atoms with Gasteiger partial charge in [-0.2, -0.15) is 0 Å². The Morgan fingerprint density at radius 2 is 1.87 bits per heavy atom. The second-order valence-electron chi connectivity index (χ2n) is 6.55. The predicted octanol–water partition coefficient (Wildman–Crippen LogP) is 5.31. The Bertz CT molecular complexity index is 409. The van der Waals surface area contributed by atoms with Crippen molar-refractivity contribution >= 4 is 11.8 Å². The van der Waals surface area contributed by atoms with Crippen LogP contribution in [0.1, 0.15) is 77.6 Å². The summed E-state index contributed by atoms with van der Waals surface area (Å²) in [7, 11) is 0. The van der Waals surface area contributed by atoms with E-state index in [-0.39, 0.29) is 12.3 Å². The van der Waals surface area contributed by atoms with Crippen molar-refractivity contribution in [3.05, 3.63) is 24.3 Å². The van der Waals surface area contributed by atoms with Gasteiger partial charge in [0.1, 0.15) is 5.78 Å². The number of hydrogen-bond donors (Lipinski definition) is 1. The number of carbonyl (C=O) groups excluding carboxylic acids is 1. The quantitative estimate of drug-likeness (QED) is 0.391. The standard InChI is InChI=1S/C20H32O3/c1-2-3-4-5-6-9-12-17-15-16-19(21)18(17)13-10-7-8-11-14-20(22)23/h2-3,9,12,17-18H,4-8,10-11,13-16H2,1H3,(H,22,23)/t17-,18+/m0/s1. The van der Waals surface area contributed by atoms with Gasteiger partial charge in [0.25, 0.3) is 0 Å². The molecule has 0 aromatic rings. The van der Waals surface area contributed by atoms with Gasteiger partial charge in [-0.15, -0.1) is 0 Å². The van der Waals surface area contributed by atoms with E-state index in [1.807, 2.05) is 6.92 Å². The fourth-order valence-corrected chi connectivity index (χ4v) is 3.32. The van der Waals surface area contributed by atoms with Crippen LogP contribution in [0.4, 0.5) is 0 Å². The predicted molar refractivity (Wildman–Crippen MR) is 94.4 cm³/mol. The van der Waals surface area contributed by atoms with Gasteiger partial charge in [0.2, 0.25) is 0 Å². The number of rotatable bonds is 12. The average Bonchev–Trinajstić information content (AvgIpc) is 2.86. The van der Waals surface area contributed by atoms with Crippen molar-refractivity contribution in [2.75, 3.05) is 0 Å². The summed E-state index contributed by atoms with van der Waals surface area (Å²) in [5.74, 6) is 0.360. The smallest absolute Gasteiger partial charge is 0.303 e. The van der Waals surface area contributed by atoms with Crippen LogP contribution in [0.25, 0.3) is 0 Å². The highest BCUT2D eigenvalue weighted by molar-refractivity contribution is 5.83. The number of hydrogen-bond acceptors (Lipinski definition) is 2. The number of allylic oxidation sites excluding steroid dienone is 4. The lowest BCUT2D eigenvalue weighted by atomic mass is 9.89. The van der Waals surface area contributed by atoms with Crippen LogP contribution in [0.15, 0.2) is 24.3 Å². The second-order valence-corrected chi connectivity index (χ2v) is 6.55. The monoisotopic (exact) mass is 320 g/mol. The van der Waals surface area contributed by atoms with E-state index in [1.165, 1.54) is 6.42 Å². The van der Waals surface area contributed by atoms with Crippen LogP contribution < -0.4 is 0 Å². The van der Waals surface area contributed by atoms with Gasteiger partial charge < -0.3 is 5.11 Å². The third-order valence-electron chi connectivity index (χ3n) is 4.67. The number of unbranched alkanes of at least 4 members (excludes halogenated alkanes) is 5. The molecule has 23 heavy (non-hydrogen) atoms. The molecule has 1 fully saturated rings. The zero-order valence-electron chi connectivity index (χ0n) is 14.5. The molecular formula is C20H32O3. The number of carboxylic acids is 1. The van der Waals surface area contributed by atoms with E-state index in [2.05, 4.69) is 24.3 Å². The van der Waals surface area contributed by atoms with Crippen molar-refractivity contribution in [3.63, 3.8) is 0 Å². The third-order valence-corrected chi connectivity index (χ3v) is 4.67. The van der Waals surface area contributed by atoms with Crippen LogP contribution in [-0.2, 0) is 9.59 Å². The van der Waals surface area contributed by atoms with Crippen molar-refractivity contribution in [1.82, 2.24) is 0 Å². The number of carbonyl (C=O) groups is 2. The van der Waals surface area contributed by atoms with Crippen molar-refractivity contribution in [3.8, 4) is 0 Å². The van der Waals surface area contributed by atoms with Gasteiger partial charge in [0.05, 0.1) is 0 Å². The molecule has 1 aliphatic rings. The van der Waals surface area contributed by atoms with Crippen molar-refractivity contribution in [2.24, 2.45) is 11.8 Å². The van der Waals surface area contributed by atoms with Gasteiger partial charge in [-0.1, -0.05) is 43.6 Å². The van der Waals surface area contributed by atoms with Gasteiger partial charge in [-0.3, -0.25) is 9.59 Å². The Morgan fingerprint density at radius 3 is 2.61 bits per heavy atom. The fourth-order valence-electron chi connectivity index (χ4n) is 3.32. The van der Waals surface area contributed by atoms with Gasteiger partial charge >= 0.3 is 5.97 Å². The van der Waals surface area contributed by atoms with Crippen molar-refractivity contribution < 1.29 is 14.7 Å². The molecule has 0 aromatic carbocycles. The van der Waals surface area contributed by atoms with Crippen LogP contribution >= 0.6 is 0 Å². The van der Waals surface area contributed by atoms with Crippen molar-refractivity contribution in [2.45, 2.75) is 77.6 Å². The molecular weight excluding hydrogens is 288 g/mol. The van der Waals surface area contributed by atoms with E-state index in [1.54, 1.807) is 0 Å². The Labute approximate surface area is 140 Å². The summed E-state index contributed by atoms with van der Waals surface area (Å²) in [6.07, 6.45) is 19.0. The highest BCUT2D eigenvalue weighted by Crippen LogP contribution is 2.34. The molecule has 2 atom stereocenters. The molecule has 0 spiro atoms. The highest BCUT2D eigenvalue weighted by atomic mass is 16.4. The molecule has 0 bridgehead atoms. The maximum atomic E-state index is 12.0. The van der Waals surface area contributed by atoms with E-state index >= 15 is 0 Å². The summed E-state index contributed by atoms with van der Waals surface area (Å²) >= 11 is 0. The Morgan fingerprint density at radius 1 is 1.13 bits per heavy atom. The van der Waals surface area contributed by atoms with Gasteiger partial charge in [0, 0.05) is 18.8 Å². The normalized spacial score (nSPS) is 21.7. The summed E-state index contributed by atoms with van der Waals surface area (Å²) in [4.78, 5) is 22.5. The number of carboxylic acid groups (broad SMARTS) is 1. The number of ketones is 1. The Hall–Kier alpha value is -1.38. The maximum absolute atomic E-state index is 12.0. The van der Waals surface area contributed by atoms with Crippen LogP contribution in [0.5, 0.6) is 0 Å². The average molecular weight is 320 g/mol. The molecule has 0 saturated heterocycles. The summed E-state index contributed by atoms with van der Waals surface area (Å²) in [6, 6.07) is 0. The first-order valence-electron chi connectivity index (χ1n) is 9.17. The lowest BCUT2D eigenvalue weighted by Gasteiger charge is -2.14. The molecule has 0 aromatic heterocycles. The number of Topliss-reactive ketones (excluding diaryl/α,β-unsaturated/α-hetero) is 1. The molecule has 0 amide bonds. The first-order valence-corrected chi connectivity index (χ1v) is 9.17. The molecule has 3 nitrogen and oxygen atoms in total. The molecule has 0 radical (unpaired) electrons. The zero-order valence-corrected chi connectivity index (χ0v) is 14.5. The first kappa shape index (κ1) is 19.7. The molecule has 0 heterocycles. The van der Waals surface area contributed by atoms with Crippen LogP contribution in [-0.4, -0.2) is 16.9 Å². The molecule has 130 valence electrons. The maximum Gasteiger partial charge on any atom is 0.303 e. The number of aliphatic carboxylic acids is 1. The van der Waals surface area contributed by atoms with Gasteiger partial charge in [-0.05, 0) is 51.4 Å². The summed E-state index contributed by atoms with van der Waals surface area (Å²) in [6.45, 7) is 2.05.